The van der Waals surface area contributed by atoms with E-state index in [0.29, 0.717) is 17.5 Å². The predicted octanol–water partition coefficient (Wildman–Crippen LogP) is 4.56. The predicted molar refractivity (Wildman–Crippen MR) is 83.8 cm³/mol. The molecular weight excluding hydrogens is 358 g/mol. The number of rotatable bonds is 4. The number of thioether (sulfide) groups is 1. The van der Waals surface area contributed by atoms with Crippen molar-refractivity contribution in [1.29, 1.82) is 0 Å². The third kappa shape index (κ3) is 3.28. The monoisotopic (exact) mass is 367 g/mol. The molecule has 0 aliphatic heterocycles. The second kappa shape index (κ2) is 6.07. The summed E-state index contributed by atoms with van der Waals surface area (Å²) in [4.78, 5) is 8.79. The van der Waals surface area contributed by atoms with E-state index in [9.17, 15) is 0 Å². The van der Waals surface area contributed by atoms with Crippen LogP contribution in [0.5, 0.6) is 0 Å². The summed E-state index contributed by atoms with van der Waals surface area (Å²) in [7, 11) is 0. The van der Waals surface area contributed by atoms with Gasteiger partial charge >= 0.3 is 0 Å². The maximum Gasteiger partial charge on any atom is 0.237 e. The zero-order chi connectivity index (χ0) is 13.9. The van der Waals surface area contributed by atoms with E-state index in [4.69, 9.17) is 4.52 Å². The fourth-order valence-electron chi connectivity index (χ4n) is 1.58. The van der Waals surface area contributed by atoms with Gasteiger partial charge in [-0.15, -0.1) is 11.3 Å². The van der Waals surface area contributed by atoms with Gasteiger partial charge in [-0.3, -0.25) is 0 Å². The van der Waals surface area contributed by atoms with Crippen molar-refractivity contribution < 1.29 is 4.52 Å². The second-order valence-corrected chi connectivity index (χ2v) is 7.06. The van der Waals surface area contributed by atoms with Crippen molar-refractivity contribution in [2.24, 2.45) is 0 Å². The number of benzene rings is 1. The van der Waals surface area contributed by atoms with Crippen LogP contribution in [0.25, 0.3) is 11.4 Å². The number of hydrogen-bond acceptors (Lipinski definition) is 6. The van der Waals surface area contributed by atoms with Crippen LogP contribution in [0.4, 0.5) is 0 Å². The van der Waals surface area contributed by atoms with E-state index in [2.05, 4.69) is 31.1 Å². The lowest BCUT2D eigenvalue weighted by Gasteiger charge is -1.94. The molecule has 0 fully saturated rings. The Morgan fingerprint density at radius 1 is 1.35 bits per heavy atom. The van der Waals surface area contributed by atoms with E-state index in [1.165, 1.54) is 0 Å². The van der Waals surface area contributed by atoms with Crippen molar-refractivity contribution in [1.82, 2.24) is 15.1 Å². The van der Waals surface area contributed by atoms with Gasteiger partial charge < -0.3 is 4.52 Å². The summed E-state index contributed by atoms with van der Waals surface area (Å²) in [6, 6.07) is 7.83. The van der Waals surface area contributed by atoms with Crippen LogP contribution in [0, 0.1) is 6.92 Å². The van der Waals surface area contributed by atoms with Gasteiger partial charge in [-0.25, -0.2) is 4.98 Å². The molecule has 0 bridgehead atoms. The molecule has 20 heavy (non-hydrogen) atoms. The van der Waals surface area contributed by atoms with Crippen molar-refractivity contribution in [3.63, 3.8) is 0 Å². The first-order chi connectivity index (χ1) is 9.70. The first kappa shape index (κ1) is 13.8. The Balaban J connectivity index is 1.70. The summed E-state index contributed by atoms with van der Waals surface area (Å²) in [6.07, 6.45) is 0. The topological polar surface area (TPSA) is 51.8 Å². The maximum absolute atomic E-state index is 5.27. The zero-order valence-electron chi connectivity index (χ0n) is 10.5. The number of aromatic nitrogens is 3. The molecule has 0 unspecified atom stereocenters. The summed E-state index contributed by atoms with van der Waals surface area (Å²) in [5.74, 6) is 1.85. The number of nitrogens with zero attached hydrogens (tertiary/aromatic N) is 3. The third-order valence-electron chi connectivity index (χ3n) is 2.47. The molecule has 102 valence electrons. The van der Waals surface area contributed by atoms with Gasteiger partial charge in [0.1, 0.15) is 0 Å². The highest BCUT2D eigenvalue weighted by Crippen LogP contribution is 2.26. The van der Waals surface area contributed by atoms with Gasteiger partial charge in [0.05, 0.1) is 5.75 Å². The molecule has 0 N–H and O–H groups in total. The van der Waals surface area contributed by atoms with Crippen molar-refractivity contribution in [3.8, 4) is 11.4 Å². The minimum atomic E-state index is 0.609. The van der Waals surface area contributed by atoms with E-state index in [1.54, 1.807) is 23.1 Å². The lowest BCUT2D eigenvalue weighted by Crippen LogP contribution is -1.83. The molecule has 1 aromatic carbocycles. The Bertz CT molecular complexity index is 726. The van der Waals surface area contributed by atoms with Crippen LogP contribution in [0.1, 0.15) is 11.6 Å². The van der Waals surface area contributed by atoms with E-state index in [1.807, 2.05) is 36.6 Å². The molecule has 0 saturated heterocycles. The van der Waals surface area contributed by atoms with E-state index in [0.717, 1.165) is 20.1 Å². The fraction of sp³-hybridized carbons (Fsp3) is 0.154. The molecule has 0 spiro atoms. The minimum absolute atomic E-state index is 0.609. The highest BCUT2D eigenvalue weighted by Gasteiger charge is 2.10. The molecule has 0 atom stereocenters. The van der Waals surface area contributed by atoms with E-state index < -0.39 is 0 Å². The Kier molecular flexibility index (Phi) is 4.18. The van der Waals surface area contributed by atoms with Crippen LogP contribution in [0.15, 0.2) is 43.0 Å². The van der Waals surface area contributed by atoms with Crippen LogP contribution in [0.2, 0.25) is 0 Å². The molecule has 0 amide bonds. The minimum Gasteiger partial charge on any atom is -0.338 e. The SMILES string of the molecule is Cc1csc(SCc2nc(-c3cccc(Br)c3)no2)n1. The maximum atomic E-state index is 5.27. The third-order valence-corrected chi connectivity index (χ3v) is 5.08. The lowest BCUT2D eigenvalue weighted by molar-refractivity contribution is 0.391. The van der Waals surface area contributed by atoms with Crippen LogP contribution in [0.3, 0.4) is 0 Å². The average molecular weight is 368 g/mol. The highest BCUT2D eigenvalue weighted by atomic mass is 79.9. The van der Waals surface area contributed by atoms with Gasteiger partial charge in [-0.2, -0.15) is 4.98 Å². The summed E-state index contributed by atoms with van der Waals surface area (Å²) in [5.41, 5.74) is 1.97. The van der Waals surface area contributed by atoms with Crippen molar-refractivity contribution >= 4 is 39.0 Å². The number of halogens is 1. The highest BCUT2D eigenvalue weighted by molar-refractivity contribution is 9.10. The molecule has 0 saturated carbocycles. The molecule has 3 rings (SSSR count). The molecule has 2 heterocycles. The van der Waals surface area contributed by atoms with Crippen LogP contribution < -0.4 is 0 Å². The van der Waals surface area contributed by atoms with Crippen LogP contribution >= 0.6 is 39.0 Å². The molecule has 0 aliphatic rings. The molecule has 0 aliphatic carbocycles. The van der Waals surface area contributed by atoms with Gasteiger partial charge in [0.15, 0.2) is 4.34 Å². The van der Waals surface area contributed by atoms with Gasteiger partial charge in [0, 0.05) is 21.1 Å². The molecule has 0 radical (unpaired) electrons. The van der Waals surface area contributed by atoms with Gasteiger partial charge in [-0.1, -0.05) is 45.0 Å². The Labute approximate surface area is 132 Å². The Morgan fingerprint density at radius 3 is 3.00 bits per heavy atom. The summed E-state index contributed by atoms with van der Waals surface area (Å²) < 4.78 is 7.28. The van der Waals surface area contributed by atoms with Gasteiger partial charge in [-0.05, 0) is 19.1 Å². The summed E-state index contributed by atoms with van der Waals surface area (Å²) in [5, 5.41) is 6.04. The van der Waals surface area contributed by atoms with Gasteiger partial charge in [0.2, 0.25) is 11.7 Å². The first-order valence-electron chi connectivity index (χ1n) is 5.84. The number of aryl methyl sites for hydroxylation is 1. The zero-order valence-corrected chi connectivity index (χ0v) is 13.8. The smallest absolute Gasteiger partial charge is 0.237 e. The fourth-order valence-corrected chi connectivity index (χ4v) is 3.67. The van der Waals surface area contributed by atoms with Crippen molar-refractivity contribution in [3.05, 3.63) is 45.7 Å². The molecule has 2 aromatic heterocycles. The van der Waals surface area contributed by atoms with Crippen LogP contribution in [-0.2, 0) is 5.75 Å². The summed E-state index contributed by atoms with van der Waals surface area (Å²) in [6.45, 7) is 1.98. The quantitative estimate of drug-likeness (QED) is 0.632. The Morgan fingerprint density at radius 2 is 2.25 bits per heavy atom. The molecule has 7 heteroatoms. The normalized spacial score (nSPS) is 10.9. The molecule has 3 aromatic rings. The van der Waals surface area contributed by atoms with E-state index in [-0.39, 0.29) is 0 Å². The summed E-state index contributed by atoms with van der Waals surface area (Å²) >= 11 is 6.67. The first-order valence-corrected chi connectivity index (χ1v) is 8.50. The lowest BCUT2D eigenvalue weighted by atomic mass is 10.2. The second-order valence-electron chi connectivity index (χ2n) is 4.07. The molecular formula is C13H10BrN3OS2. The number of thiazole rings is 1. The largest absolute Gasteiger partial charge is 0.338 e. The van der Waals surface area contributed by atoms with Crippen LogP contribution in [-0.4, -0.2) is 15.1 Å². The van der Waals surface area contributed by atoms with Crippen molar-refractivity contribution in [2.75, 3.05) is 0 Å². The molecule has 4 nitrogen and oxygen atoms in total. The number of hydrogen-bond donors (Lipinski definition) is 0. The van der Waals surface area contributed by atoms with E-state index >= 15 is 0 Å². The Hall–Kier alpha value is -1.18. The van der Waals surface area contributed by atoms with Gasteiger partial charge in [0.25, 0.3) is 0 Å². The standard InChI is InChI=1S/C13H10BrN3OS2/c1-8-6-19-13(15-8)20-7-11-16-12(17-18-11)9-3-2-4-10(14)5-9/h2-6H,7H2,1H3. The average Bonchev–Trinajstić information content (AvgIpc) is 3.05. The van der Waals surface area contributed by atoms with Crippen molar-refractivity contribution in [2.45, 2.75) is 17.0 Å².